The Morgan fingerprint density at radius 1 is 0.897 bits per heavy atom. The number of carbonyl (C=O) groups is 2. The predicted octanol–water partition coefficient (Wildman–Crippen LogP) is 5.27. The monoisotopic (exact) mass is 565 g/mol. The van der Waals surface area contributed by atoms with Gasteiger partial charge in [0.25, 0.3) is 0 Å². The van der Waals surface area contributed by atoms with Gasteiger partial charge in [0, 0.05) is 10.4 Å². The smallest absolute Gasteiger partial charge is 0.348 e. The molecule has 0 amide bonds. The molecule has 2 aromatic carbocycles. The van der Waals surface area contributed by atoms with Crippen molar-refractivity contribution in [3.05, 3.63) is 87.1 Å². The number of benzene rings is 2. The molecule has 0 aliphatic heterocycles. The van der Waals surface area contributed by atoms with Gasteiger partial charge in [-0.2, -0.15) is 0 Å². The van der Waals surface area contributed by atoms with Gasteiger partial charge in [0.2, 0.25) is 15.6 Å². The summed E-state index contributed by atoms with van der Waals surface area (Å²) in [5, 5.41) is -0.415. The standard InChI is InChI=1S/C28H23NO8S2/c1-4-35-26(30)19-16(3)38-24-22(19)28(32)37-23-21(27(31)36-5-2)20(17-12-8-6-9-13-17)25(29(23)24)39(33,34)18-14-10-7-11-15-18/h6-15H,4-5H2,1-3H3. The summed E-state index contributed by atoms with van der Waals surface area (Å²) < 4.78 is 46.0. The third kappa shape index (κ3) is 4.23. The molecule has 200 valence electrons. The topological polar surface area (TPSA) is 121 Å². The van der Waals surface area contributed by atoms with Gasteiger partial charge in [0.1, 0.15) is 15.8 Å². The minimum Gasteiger partial charge on any atom is -0.462 e. The van der Waals surface area contributed by atoms with Gasteiger partial charge in [-0.05, 0) is 38.5 Å². The zero-order valence-corrected chi connectivity index (χ0v) is 22.9. The maximum absolute atomic E-state index is 14.3. The van der Waals surface area contributed by atoms with Gasteiger partial charge in [-0.25, -0.2) is 22.8 Å². The number of aromatic nitrogens is 1. The number of thiophene rings is 1. The second-order valence-electron chi connectivity index (χ2n) is 8.42. The van der Waals surface area contributed by atoms with E-state index < -0.39 is 27.4 Å². The summed E-state index contributed by atoms with van der Waals surface area (Å²) in [6.07, 6.45) is 0. The summed E-state index contributed by atoms with van der Waals surface area (Å²) >= 11 is 1.03. The number of aryl methyl sites for hydroxylation is 1. The van der Waals surface area contributed by atoms with Crippen LogP contribution in [-0.2, 0) is 19.3 Å². The quantitative estimate of drug-likeness (QED) is 0.245. The average Bonchev–Trinajstić information content (AvgIpc) is 3.46. The first-order valence-corrected chi connectivity index (χ1v) is 14.4. The van der Waals surface area contributed by atoms with Gasteiger partial charge < -0.3 is 13.9 Å². The molecule has 0 bridgehead atoms. The van der Waals surface area contributed by atoms with E-state index in [4.69, 9.17) is 13.9 Å². The van der Waals surface area contributed by atoms with Gasteiger partial charge >= 0.3 is 17.6 Å². The summed E-state index contributed by atoms with van der Waals surface area (Å²) in [5.74, 6) is -1.59. The Bertz CT molecular complexity index is 1900. The number of rotatable bonds is 7. The largest absolute Gasteiger partial charge is 0.462 e. The van der Waals surface area contributed by atoms with Crippen LogP contribution in [0, 0.1) is 6.92 Å². The van der Waals surface area contributed by atoms with Crippen LogP contribution in [0.15, 0.2) is 79.8 Å². The number of nitrogens with zero attached hydrogens (tertiary/aromatic N) is 1. The molecule has 0 N–H and O–H groups in total. The van der Waals surface area contributed by atoms with Gasteiger partial charge in [-0.1, -0.05) is 48.5 Å². The van der Waals surface area contributed by atoms with E-state index in [0.717, 1.165) is 11.3 Å². The molecule has 0 fully saturated rings. The molecule has 3 aromatic heterocycles. The van der Waals surface area contributed by atoms with E-state index in [1.54, 1.807) is 69.3 Å². The van der Waals surface area contributed by atoms with E-state index in [1.807, 2.05) is 0 Å². The molecule has 0 saturated carbocycles. The van der Waals surface area contributed by atoms with Crippen molar-refractivity contribution in [2.24, 2.45) is 0 Å². The first-order chi connectivity index (χ1) is 18.7. The number of esters is 2. The van der Waals surface area contributed by atoms with E-state index in [9.17, 15) is 22.8 Å². The van der Waals surface area contributed by atoms with Crippen molar-refractivity contribution in [3.8, 4) is 11.1 Å². The Balaban J connectivity index is 2.07. The van der Waals surface area contributed by atoms with Crippen molar-refractivity contribution >= 4 is 49.0 Å². The maximum atomic E-state index is 14.3. The molecule has 0 radical (unpaired) electrons. The summed E-state index contributed by atoms with van der Waals surface area (Å²) in [7, 11) is -4.33. The van der Waals surface area contributed by atoms with Crippen LogP contribution in [0.1, 0.15) is 39.4 Å². The number of sulfone groups is 1. The molecule has 0 aliphatic carbocycles. The molecule has 5 aromatic rings. The number of carbonyl (C=O) groups excluding carboxylic acids is 2. The molecule has 5 rings (SSSR count). The number of hydrogen-bond donors (Lipinski definition) is 0. The lowest BCUT2D eigenvalue weighted by molar-refractivity contribution is 0.0517. The Labute approximate surface area is 227 Å². The Morgan fingerprint density at radius 3 is 2.05 bits per heavy atom. The minimum atomic E-state index is -4.33. The highest BCUT2D eigenvalue weighted by molar-refractivity contribution is 7.91. The third-order valence-electron chi connectivity index (χ3n) is 6.08. The fourth-order valence-electron chi connectivity index (χ4n) is 4.51. The van der Waals surface area contributed by atoms with E-state index in [2.05, 4.69) is 0 Å². The van der Waals surface area contributed by atoms with Crippen LogP contribution in [0.4, 0.5) is 0 Å². The fraction of sp³-hybridized carbons (Fsp3) is 0.179. The van der Waals surface area contributed by atoms with Crippen LogP contribution >= 0.6 is 11.3 Å². The molecule has 39 heavy (non-hydrogen) atoms. The third-order valence-corrected chi connectivity index (χ3v) is 8.95. The number of fused-ring (bicyclic) bond motifs is 3. The first-order valence-electron chi connectivity index (χ1n) is 12.1. The summed E-state index contributed by atoms with van der Waals surface area (Å²) in [5.41, 5.74) is -0.999. The summed E-state index contributed by atoms with van der Waals surface area (Å²) in [6, 6.07) is 16.2. The molecule has 0 spiro atoms. The van der Waals surface area contributed by atoms with E-state index in [0.29, 0.717) is 10.4 Å². The molecule has 0 aliphatic rings. The van der Waals surface area contributed by atoms with Crippen molar-refractivity contribution in [2.75, 3.05) is 13.2 Å². The van der Waals surface area contributed by atoms with Crippen LogP contribution in [0.2, 0.25) is 0 Å². The molecular formula is C28H23NO8S2. The second-order valence-corrected chi connectivity index (χ2v) is 11.5. The summed E-state index contributed by atoms with van der Waals surface area (Å²) in [4.78, 5) is 40.1. The lowest BCUT2D eigenvalue weighted by Gasteiger charge is -2.10. The maximum Gasteiger partial charge on any atom is 0.348 e. The van der Waals surface area contributed by atoms with E-state index >= 15 is 0 Å². The minimum absolute atomic E-state index is 0.00274. The van der Waals surface area contributed by atoms with Gasteiger partial charge in [-0.3, -0.25) is 4.40 Å². The van der Waals surface area contributed by atoms with Crippen molar-refractivity contribution in [1.82, 2.24) is 4.40 Å². The van der Waals surface area contributed by atoms with Crippen molar-refractivity contribution in [3.63, 3.8) is 0 Å². The Morgan fingerprint density at radius 2 is 1.46 bits per heavy atom. The van der Waals surface area contributed by atoms with Crippen LogP contribution in [0.5, 0.6) is 0 Å². The molecule has 3 heterocycles. The summed E-state index contributed by atoms with van der Waals surface area (Å²) in [6.45, 7) is 4.95. The molecule has 0 atom stereocenters. The normalized spacial score (nSPS) is 11.7. The van der Waals surface area contributed by atoms with Crippen molar-refractivity contribution in [2.45, 2.75) is 30.7 Å². The van der Waals surface area contributed by atoms with Crippen molar-refractivity contribution in [1.29, 1.82) is 0 Å². The van der Waals surface area contributed by atoms with Crippen LogP contribution in [0.25, 0.3) is 27.1 Å². The SMILES string of the molecule is CCOC(=O)c1c(C)sc2c1c(=O)oc1c(C(=O)OCC)c(-c3ccccc3)c(S(=O)(=O)c3ccccc3)n12. The molecule has 0 unspecified atom stereocenters. The Hall–Kier alpha value is -4.22. The molecule has 11 heteroatoms. The van der Waals surface area contributed by atoms with Crippen LogP contribution in [0.3, 0.4) is 0 Å². The number of hydrogen-bond acceptors (Lipinski definition) is 9. The average molecular weight is 566 g/mol. The first kappa shape index (κ1) is 26.4. The highest BCUT2D eigenvalue weighted by atomic mass is 32.2. The lowest BCUT2D eigenvalue weighted by atomic mass is 10.0. The van der Waals surface area contributed by atoms with Crippen LogP contribution in [-0.4, -0.2) is 38.0 Å². The second kappa shape index (κ2) is 10.2. The lowest BCUT2D eigenvalue weighted by Crippen LogP contribution is -2.12. The van der Waals surface area contributed by atoms with Gasteiger partial charge in [0.15, 0.2) is 5.03 Å². The molecular weight excluding hydrogens is 542 g/mol. The zero-order valence-electron chi connectivity index (χ0n) is 21.2. The molecule has 9 nitrogen and oxygen atoms in total. The van der Waals surface area contributed by atoms with E-state index in [1.165, 1.54) is 16.5 Å². The Kier molecular flexibility index (Phi) is 6.87. The predicted molar refractivity (Wildman–Crippen MR) is 145 cm³/mol. The highest BCUT2D eigenvalue weighted by Gasteiger charge is 2.37. The fourth-order valence-corrected chi connectivity index (χ4v) is 7.34. The van der Waals surface area contributed by atoms with Gasteiger partial charge in [-0.15, -0.1) is 11.3 Å². The van der Waals surface area contributed by atoms with E-state index in [-0.39, 0.29) is 55.8 Å². The van der Waals surface area contributed by atoms with Crippen molar-refractivity contribution < 1.29 is 31.9 Å². The van der Waals surface area contributed by atoms with Gasteiger partial charge in [0.05, 0.1) is 23.7 Å². The highest BCUT2D eigenvalue weighted by Crippen LogP contribution is 2.42. The zero-order chi connectivity index (χ0) is 27.9. The molecule has 0 saturated heterocycles. The number of ether oxygens (including phenoxy) is 2. The van der Waals surface area contributed by atoms with Crippen LogP contribution < -0.4 is 5.63 Å².